The van der Waals surface area contributed by atoms with Gasteiger partial charge < -0.3 is 10.4 Å². The highest BCUT2D eigenvalue weighted by Gasteiger charge is 2.11. The van der Waals surface area contributed by atoms with E-state index >= 15 is 0 Å². The summed E-state index contributed by atoms with van der Waals surface area (Å²) in [7, 11) is 0. The molecule has 0 heterocycles. The van der Waals surface area contributed by atoms with Gasteiger partial charge in [0.05, 0.1) is 0 Å². The van der Waals surface area contributed by atoms with Crippen LogP contribution in [0.5, 0.6) is 0 Å². The fourth-order valence-corrected chi connectivity index (χ4v) is 1.34. The minimum Gasteiger partial charge on any atom is -0.396 e. The normalized spacial score (nSPS) is 14.9. The smallest absolute Gasteiger partial charge is 0.222 e. The van der Waals surface area contributed by atoms with E-state index in [1.165, 1.54) is 0 Å². The lowest BCUT2D eigenvalue weighted by Gasteiger charge is -2.14. The van der Waals surface area contributed by atoms with Gasteiger partial charge in [0.2, 0.25) is 5.91 Å². The molecule has 2 atom stereocenters. The highest BCUT2D eigenvalue weighted by atomic mass is 16.3. The van der Waals surface area contributed by atoms with Crippen LogP contribution in [0.1, 0.15) is 40.0 Å². The average Bonchev–Trinajstić information content (AvgIpc) is 2.15. The molecule has 0 bridgehead atoms. The number of nitrogens with one attached hydrogen (secondary N) is 1. The predicted octanol–water partition coefficient (Wildman–Crippen LogP) is 1.56. The lowest BCUT2D eigenvalue weighted by molar-refractivity contribution is -0.124. The molecule has 1 amide bonds. The lowest BCUT2D eigenvalue weighted by Crippen LogP contribution is -2.32. The lowest BCUT2D eigenvalue weighted by atomic mass is 10.0. The Labute approximate surface area is 86.9 Å². The Morgan fingerprint density at radius 2 is 2.00 bits per heavy atom. The van der Waals surface area contributed by atoms with Crippen molar-refractivity contribution in [1.29, 1.82) is 0 Å². The third kappa shape index (κ3) is 5.97. The molecule has 14 heavy (non-hydrogen) atoms. The molecule has 0 aromatic heterocycles. The molecule has 0 rings (SSSR count). The monoisotopic (exact) mass is 201 g/mol. The van der Waals surface area contributed by atoms with Gasteiger partial charge in [0.1, 0.15) is 0 Å². The summed E-state index contributed by atoms with van der Waals surface area (Å²) < 4.78 is 0. The molecular weight excluding hydrogens is 178 g/mol. The number of hydrogen-bond acceptors (Lipinski definition) is 2. The van der Waals surface area contributed by atoms with Gasteiger partial charge in [0.15, 0.2) is 0 Å². The van der Waals surface area contributed by atoms with Crippen molar-refractivity contribution in [3.63, 3.8) is 0 Å². The molecule has 0 saturated carbocycles. The van der Waals surface area contributed by atoms with Gasteiger partial charge in [-0.25, -0.2) is 0 Å². The summed E-state index contributed by atoms with van der Waals surface area (Å²) in [6.07, 6.45) is 2.74. The molecule has 0 aromatic rings. The molecule has 0 radical (unpaired) electrons. The summed E-state index contributed by atoms with van der Waals surface area (Å²) >= 11 is 0. The standard InChI is InChI=1S/C11H23NO2/c1-4-5-10(3)11(14)12-8-9(2)6-7-13/h9-10,13H,4-8H2,1-3H3,(H,12,14). The maximum Gasteiger partial charge on any atom is 0.222 e. The minimum absolute atomic E-state index is 0.112. The Balaban J connectivity index is 3.61. The van der Waals surface area contributed by atoms with E-state index < -0.39 is 0 Å². The van der Waals surface area contributed by atoms with E-state index in [0.29, 0.717) is 12.5 Å². The molecule has 0 aliphatic heterocycles. The number of aliphatic hydroxyl groups excluding tert-OH is 1. The zero-order chi connectivity index (χ0) is 11.0. The van der Waals surface area contributed by atoms with Gasteiger partial charge in [0.25, 0.3) is 0 Å². The van der Waals surface area contributed by atoms with Gasteiger partial charge in [0, 0.05) is 19.1 Å². The molecule has 0 aliphatic carbocycles. The first-order chi connectivity index (χ1) is 6.61. The van der Waals surface area contributed by atoms with E-state index in [2.05, 4.69) is 12.2 Å². The van der Waals surface area contributed by atoms with Crippen molar-refractivity contribution in [1.82, 2.24) is 5.32 Å². The maximum absolute atomic E-state index is 11.5. The van der Waals surface area contributed by atoms with E-state index in [9.17, 15) is 4.79 Å². The highest BCUT2D eigenvalue weighted by Crippen LogP contribution is 2.05. The first kappa shape index (κ1) is 13.4. The number of hydrogen-bond donors (Lipinski definition) is 2. The molecule has 0 fully saturated rings. The molecule has 3 nitrogen and oxygen atoms in total. The van der Waals surface area contributed by atoms with Gasteiger partial charge in [-0.15, -0.1) is 0 Å². The van der Waals surface area contributed by atoms with Crippen molar-refractivity contribution < 1.29 is 9.90 Å². The Morgan fingerprint density at radius 1 is 1.36 bits per heavy atom. The quantitative estimate of drug-likeness (QED) is 0.656. The summed E-state index contributed by atoms with van der Waals surface area (Å²) in [5.41, 5.74) is 0. The zero-order valence-corrected chi connectivity index (χ0v) is 9.55. The molecule has 3 heteroatoms. The van der Waals surface area contributed by atoms with Gasteiger partial charge in [-0.2, -0.15) is 0 Å². The summed E-state index contributed by atoms with van der Waals surface area (Å²) in [4.78, 5) is 11.5. The molecule has 84 valence electrons. The Hall–Kier alpha value is -0.570. The van der Waals surface area contributed by atoms with Gasteiger partial charge in [-0.3, -0.25) is 4.79 Å². The van der Waals surface area contributed by atoms with Crippen LogP contribution in [0.2, 0.25) is 0 Å². The van der Waals surface area contributed by atoms with Crippen LogP contribution in [0.25, 0.3) is 0 Å². The highest BCUT2D eigenvalue weighted by molar-refractivity contribution is 5.78. The summed E-state index contributed by atoms with van der Waals surface area (Å²) in [5, 5.41) is 11.6. The SMILES string of the molecule is CCCC(C)C(=O)NCC(C)CCO. The van der Waals surface area contributed by atoms with E-state index in [1.807, 2.05) is 13.8 Å². The van der Waals surface area contributed by atoms with Crippen molar-refractivity contribution >= 4 is 5.91 Å². The van der Waals surface area contributed by atoms with Gasteiger partial charge >= 0.3 is 0 Å². The van der Waals surface area contributed by atoms with Gasteiger partial charge in [-0.1, -0.05) is 27.2 Å². The van der Waals surface area contributed by atoms with Crippen LogP contribution in [0.3, 0.4) is 0 Å². The molecule has 0 aliphatic rings. The van der Waals surface area contributed by atoms with Crippen LogP contribution >= 0.6 is 0 Å². The van der Waals surface area contributed by atoms with Crippen molar-refractivity contribution in [3.8, 4) is 0 Å². The van der Waals surface area contributed by atoms with Crippen molar-refractivity contribution in [2.45, 2.75) is 40.0 Å². The second-order valence-electron chi connectivity index (χ2n) is 4.05. The van der Waals surface area contributed by atoms with Crippen LogP contribution in [0.15, 0.2) is 0 Å². The Bertz CT molecular complexity index is 159. The summed E-state index contributed by atoms with van der Waals surface area (Å²) in [6, 6.07) is 0. The number of amides is 1. The van der Waals surface area contributed by atoms with E-state index in [-0.39, 0.29) is 18.4 Å². The fraction of sp³-hybridized carbons (Fsp3) is 0.909. The predicted molar refractivity (Wildman–Crippen MR) is 57.9 cm³/mol. The topological polar surface area (TPSA) is 49.3 Å². The van der Waals surface area contributed by atoms with Crippen LogP contribution in [0.4, 0.5) is 0 Å². The Morgan fingerprint density at radius 3 is 2.50 bits per heavy atom. The van der Waals surface area contributed by atoms with Crippen LogP contribution in [-0.2, 0) is 4.79 Å². The molecule has 0 spiro atoms. The average molecular weight is 201 g/mol. The summed E-state index contributed by atoms with van der Waals surface area (Å²) in [5.74, 6) is 0.607. The number of aliphatic hydroxyl groups is 1. The second kappa shape index (κ2) is 7.80. The third-order valence-corrected chi connectivity index (χ3v) is 2.42. The van der Waals surface area contributed by atoms with E-state index in [4.69, 9.17) is 5.11 Å². The second-order valence-corrected chi connectivity index (χ2v) is 4.05. The molecule has 2 unspecified atom stereocenters. The zero-order valence-electron chi connectivity index (χ0n) is 9.55. The van der Waals surface area contributed by atoms with Crippen LogP contribution in [-0.4, -0.2) is 24.2 Å². The third-order valence-electron chi connectivity index (χ3n) is 2.42. The van der Waals surface area contributed by atoms with Crippen molar-refractivity contribution in [2.75, 3.05) is 13.2 Å². The molecule has 0 aromatic carbocycles. The van der Waals surface area contributed by atoms with Crippen LogP contribution in [0, 0.1) is 11.8 Å². The molecule has 0 saturated heterocycles. The van der Waals surface area contributed by atoms with Crippen molar-refractivity contribution in [2.24, 2.45) is 11.8 Å². The van der Waals surface area contributed by atoms with Crippen molar-refractivity contribution in [3.05, 3.63) is 0 Å². The van der Waals surface area contributed by atoms with Crippen LogP contribution < -0.4 is 5.32 Å². The van der Waals surface area contributed by atoms with Gasteiger partial charge in [-0.05, 0) is 18.8 Å². The first-order valence-corrected chi connectivity index (χ1v) is 5.50. The summed E-state index contributed by atoms with van der Waals surface area (Å²) in [6.45, 7) is 6.93. The Kier molecular flexibility index (Phi) is 7.48. The van der Waals surface area contributed by atoms with E-state index in [1.54, 1.807) is 0 Å². The number of carbonyl (C=O) groups is 1. The first-order valence-electron chi connectivity index (χ1n) is 5.50. The minimum atomic E-state index is 0.112. The number of rotatable bonds is 7. The number of carbonyl (C=O) groups excluding carboxylic acids is 1. The molecule has 2 N–H and O–H groups in total. The maximum atomic E-state index is 11.5. The largest absolute Gasteiger partial charge is 0.396 e. The van der Waals surface area contributed by atoms with E-state index in [0.717, 1.165) is 19.3 Å². The molecular formula is C11H23NO2. The fourth-order valence-electron chi connectivity index (χ4n) is 1.34.